The zero-order chi connectivity index (χ0) is 9.47. The maximum Gasteiger partial charge on any atom is 0.433 e. The van der Waals surface area contributed by atoms with Crippen molar-refractivity contribution in [3.05, 3.63) is 36.3 Å². The molecule has 68 valence electrons. The van der Waals surface area contributed by atoms with Gasteiger partial charge in [-0.05, 0) is 12.1 Å². The molecule has 2 rings (SSSR count). The first-order valence-corrected chi connectivity index (χ1v) is 3.58. The lowest BCUT2D eigenvalue weighted by molar-refractivity contribution is -0.141. The van der Waals surface area contributed by atoms with Crippen LogP contribution in [0.25, 0.3) is 5.65 Å². The first-order valence-electron chi connectivity index (χ1n) is 3.58. The van der Waals surface area contributed by atoms with Gasteiger partial charge in [-0.2, -0.15) is 13.2 Å². The molecule has 2 aromatic rings. The van der Waals surface area contributed by atoms with Crippen molar-refractivity contribution in [3.63, 3.8) is 0 Å². The van der Waals surface area contributed by atoms with E-state index in [0.717, 1.165) is 10.6 Å². The van der Waals surface area contributed by atoms with Gasteiger partial charge in [0.1, 0.15) is 11.3 Å². The molecule has 2 heterocycles. The molecule has 0 saturated carbocycles. The van der Waals surface area contributed by atoms with Crippen LogP contribution >= 0.6 is 0 Å². The first-order chi connectivity index (χ1) is 6.09. The van der Waals surface area contributed by atoms with Gasteiger partial charge in [0.05, 0.1) is 6.20 Å². The lowest BCUT2D eigenvalue weighted by Crippen LogP contribution is -2.08. The van der Waals surface area contributed by atoms with Crippen molar-refractivity contribution < 1.29 is 13.2 Å². The molecule has 0 saturated heterocycles. The standard InChI is InChI=1S/C8H5F3N2/c9-8(10,11)6-5-12-7-3-1-2-4-13(6)7/h1-5H. The van der Waals surface area contributed by atoms with Crippen LogP contribution in [0.2, 0.25) is 0 Å². The Morgan fingerprint density at radius 3 is 2.69 bits per heavy atom. The molecule has 0 radical (unpaired) electrons. The minimum absolute atomic E-state index is 0.301. The summed E-state index contributed by atoms with van der Waals surface area (Å²) in [7, 11) is 0. The van der Waals surface area contributed by atoms with E-state index >= 15 is 0 Å². The zero-order valence-corrected chi connectivity index (χ0v) is 6.42. The van der Waals surface area contributed by atoms with Gasteiger partial charge < -0.3 is 0 Å². The van der Waals surface area contributed by atoms with E-state index in [-0.39, 0.29) is 0 Å². The molecule has 0 aliphatic rings. The molecule has 0 bridgehead atoms. The fraction of sp³-hybridized carbons (Fsp3) is 0.125. The molecular formula is C8H5F3N2. The number of imidazole rings is 1. The highest BCUT2D eigenvalue weighted by Gasteiger charge is 2.34. The summed E-state index contributed by atoms with van der Waals surface area (Å²) in [5.74, 6) is 0. The predicted molar refractivity (Wildman–Crippen MR) is 40.2 cm³/mol. The van der Waals surface area contributed by atoms with E-state index in [4.69, 9.17) is 0 Å². The van der Waals surface area contributed by atoms with Crippen LogP contribution in [0.4, 0.5) is 13.2 Å². The van der Waals surface area contributed by atoms with E-state index in [0.29, 0.717) is 5.65 Å². The molecule has 0 fully saturated rings. The summed E-state index contributed by atoms with van der Waals surface area (Å²) < 4.78 is 37.9. The topological polar surface area (TPSA) is 17.3 Å². The number of fused-ring (bicyclic) bond motifs is 1. The van der Waals surface area contributed by atoms with Gasteiger partial charge in [0, 0.05) is 6.20 Å². The summed E-state index contributed by atoms with van der Waals surface area (Å²) in [6.07, 6.45) is -2.18. The van der Waals surface area contributed by atoms with Crippen LogP contribution < -0.4 is 0 Å². The van der Waals surface area contributed by atoms with Crippen LogP contribution in [0.5, 0.6) is 0 Å². The lowest BCUT2D eigenvalue weighted by Gasteiger charge is -2.04. The Hall–Kier alpha value is -1.52. The van der Waals surface area contributed by atoms with E-state index in [9.17, 15) is 13.2 Å². The molecule has 0 aliphatic heterocycles. The largest absolute Gasteiger partial charge is 0.433 e. The monoisotopic (exact) mass is 186 g/mol. The van der Waals surface area contributed by atoms with Gasteiger partial charge in [-0.25, -0.2) is 4.98 Å². The van der Waals surface area contributed by atoms with Crippen molar-refractivity contribution in [2.45, 2.75) is 6.18 Å². The number of alkyl halides is 3. The number of nitrogens with zero attached hydrogens (tertiary/aromatic N) is 2. The molecule has 0 aromatic carbocycles. The molecule has 0 atom stereocenters. The summed E-state index contributed by atoms with van der Waals surface area (Å²) in [5.41, 5.74) is -0.446. The van der Waals surface area contributed by atoms with Gasteiger partial charge in [-0.15, -0.1) is 0 Å². The lowest BCUT2D eigenvalue weighted by atomic mass is 10.4. The SMILES string of the molecule is FC(F)(F)c1cnc2ccccn12. The van der Waals surface area contributed by atoms with Crippen LogP contribution in [0.1, 0.15) is 5.69 Å². The van der Waals surface area contributed by atoms with Crippen LogP contribution in [0.15, 0.2) is 30.6 Å². The van der Waals surface area contributed by atoms with Crippen molar-refractivity contribution in [1.82, 2.24) is 9.38 Å². The fourth-order valence-corrected chi connectivity index (χ4v) is 1.14. The van der Waals surface area contributed by atoms with Crippen molar-refractivity contribution in [1.29, 1.82) is 0 Å². The van der Waals surface area contributed by atoms with E-state index < -0.39 is 11.9 Å². The number of hydrogen-bond donors (Lipinski definition) is 0. The Bertz CT molecular complexity index is 430. The third kappa shape index (κ3) is 1.26. The Morgan fingerprint density at radius 1 is 1.23 bits per heavy atom. The quantitative estimate of drug-likeness (QED) is 0.617. The highest BCUT2D eigenvalue weighted by atomic mass is 19.4. The van der Waals surface area contributed by atoms with Crippen molar-refractivity contribution in [2.24, 2.45) is 0 Å². The van der Waals surface area contributed by atoms with Crippen molar-refractivity contribution >= 4 is 5.65 Å². The number of pyridine rings is 1. The molecule has 0 amide bonds. The van der Waals surface area contributed by atoms with Crippen LogP contribution in [-0.2, 0) is 6.18 Å². The molecule has 0 aliphatic carbocycles. The number of aromatic nitrogens is 2. The molecule has 0 N–H and O–H groups in total. The molecule has 5 heteroatoms. The first kappa shape index (κ1) is 8.10. The van der Waals surface area contributed by atoms with Crippen LogP contribution in [0, 0.1) is 0 Å². The van der Waals surface area contributed by atoms with Gasteiger partial charge >= 0.3 is 6.18 Å². The van der Waals surface area contributed by atoms with E-state index in [1.54, 1.807) is 6.07 Å². The Balaban J connectivity index is 2.72. The summed E-state index contributed by atoms with van der Waals surface area (Å²) in [5, 5.41) is 0. The maximum absolute atomic E-state index is 12.3. The Kier molecular flexibility index (Phi) is 1.55. The summed E-state index contributed by atoms with van der Waals surface area (Å²) >= 11 is 0. The van der Waals surface area contributed by atoms with Gasteiger partial charge in [0.15, 0.2) is 0 Å². The van der Waals surface area contributed by atoms with Gasteiger partial charge in [-0.3, -0.25) is 4.40 Å². The smallest absolute Gasteiger partial charge is 0.296 e. The predicted octanol–water partition coefficient (Wildman–Crippen LogP) is 2.35. The molecule has 2 aromatic heterocycles. The van der Waals surface area contributed by atoms with Gasteiger partial charge in [0.2, 0.25) is 0 Å². The molecular weight excluding hydrogens is 181 g/mol. The summed E-state index contributed by atoms with van der Waals surface area (Å²) in [6, 6.07) is 4.70. The van der Waals surface area contributed by atoms with E-state index in [1.165, 1.54) is 18.3 Å². The molecule has 0 unspecified atom stereocenters. The van der Waals surface area contributed by atoms with Crippen molar-refractivity contribution in [2.75, 3.05) is 0 Å². The number of halogens is 3. The fourth-order valence-electron chi connectivity index (χ4n) is 1.14. The molecule has 13 heavy (non-hydrogen) atoms. The number of hydrogen-bond acceptors (Lipinski definition) is 1. The average molecular weight is 186 g/mol. The highest BCUT2D eigenvalue weighted by Crippen LogP contribution is 2.29. The van der Waals surface area contributed by atoms with Crippen molar-refractivity contribution in [3.8, 4) is 0 Å². The van der Waals surface area contributed by atoms with Gasteiger partial charge in [0.25, 0.3) is 0 Å². The third-order valence-electron chi connectivity index (χ3n) is 1.71. The van der Waals surface area contributed by atoms with E-state index in [1.807, 2.05) is 0 Å². The highest BCUT2D eigenvalue weighted by molar-refractivity contribution is 5.40. The molecule has 0 spiro atoms. The zero-order valence-electron chi connectivity index (χ0n) is 6.42. The van der Waals surface area contributed by atoms with E-state index in [2.05, 4.69) is 4.98 Å². The second kappa shape index (κ2) is 2.48. The second-order valence-corrected chi connectivity index (χ2v) is 2.57. The third-order valence-corrected chi connectivity index (χ3v) is 1.71. The summed E-state index contributed by atoms with van der Waals surface area (Å²) in [4.78, 5) is 3.63. The van der Waals surface area contributed by atoms with Crippen LogP contribution in [-0.4, -0.2) is 9.38 Å². The minimum atomic E-state index is -4.35. The second-order valence-electron chi connectivity index (χ2n) is 2.57. The number of rotatable bonds is 0. The molecule has 2 nitrogen and oxygen atoms in total. The normalized spacial score (nSPS) is 12.2. The Labute approximate surface area is 71.6 Å². The maximum atomic E-state index is 12.3. The minimum Gasteiger partial charge on any atom is -0.296 e. The average Bonchev–Trinajstić information content (AvgIpc) is 2.45. The Morgan fingerprint density at radius 2 is 2.00 bits per heavy atom. The van der Waals surface area contributed by atoms with Crippen LogP contribution in [0.3, 0.4) is 0 Å². The van der Waals surface area contributed by atoms with Gasteiger partial charge in [-0.1, -0.05) is 6.07 Å². The summed E-state index contributed by atoms with van der Waals surface area (Å²) in [6.45, 7) is 0.